The highest BCUT2D eigenvalue weighted by Crippen LogP contribution is 2.32. The van der Waals surface area contributed by atoms with Crippen LogP contribution in [0.3, 0.4) is 0 Å². The van der Waals surface area contributed by atoms with Crippen molar-refractivity contribution in [3.63, 3.8) is 0 Å². The van der Waals surface area contributed by atoms with E-state index < -0.39 is 41.8 Å². The molecule has 9 heteroatoms. The molecule has 1 heterocycles. The molecule has 40 heavy (non-hydrogen) atoms. The minimum Gasteiger partial charge on any atom is -0.463 e. The number of fused-ring (bicyclic) bond motifs is 1. The molecule has 2 rings (SSSR count). The van der Waals surface area contributed by atoms with Crippen molar-refractivity contribution in [3.8, 4) is 0 Å². The van der Waals surface area contributed by atoms with Crippen LogP contribution < -0.4 is 5.43 Å². The number of ether oxygens (including phenoxy) is 1. The molecule has 0 bridgehead atoms. The second kappa shape index (κ2) is 18.2. The number of unbranched alkanes of at least 4 members (excludes halogenated alkanes) is 11. The lowest BCUT2D eigenvalue weighted by Gasteiger charge is -2.20. The summed E-state index contributed by atoms with van der Waals surface area (Å²) in [6.07, 6.45) is 11.0. The summed E-state index contributed by atoms with van der Waals surface area (Å²) in [5, 5.41) is 10.3. The SMILES string of the molecule is CCCCCCCCCCCCCC=C[C@H](Sc1ccc2c(=O)cc(C(=O)OC)oc2c1)[C@H](O)CCC(F)(F)F. The van der Waals surface area contributed by atoms with Crippen molar-refractivity contribution in [2.45, 2.75) is 119 Å². The Morgan fingerprint density at radius 1 is 1.02 bits per heavy atom. The summed E-state index contributed by atoms with van der Waals surface area (Å²) < 4.78 is 48.6. The van der Waals surface area contributed by atoms with Crippen LogP contribution in [-0.2, 0) is 4.74 Å². The fourth-order valence-electron chi connectivity index (χ4n) is 4.45. The Hall–Kier alpha value is -2.26. The van der Waals surface area contributed by atoms with E-state index in [-0.39, 0.29) is 16.7 Å². The number of allylic oxidation sites excluding steroid dienone is 1. The van der Waals surface area contributed by atoms with Gasteiger partial charge in [0.25, 0.3) is 0 Å². The molecule has 0 amide bonds. The van der Waals surface area contributed by atoms with E-state index in [9.17, 15) is 27.9 Å². The Labute approximate surface area is 239 Å². The van der Waals surface area contributed by atoms with Gasteiger partial charge in [-0.1, -0.05) is 83.3 Å². The first-order valence-electron chi connectivity index (χ1n) is 14.4. The summed E-state index contributed by atoms with van der Waals surface area (Å²) in [5.41, 5.74) is -0.252. The fourth-order valence-corrected chi connectivity index (χ4v) is 5.56. The quantitative estimate of drug-likeness (QED) is 0.0768. The highest BCUT2D eigenvalue weighted by atomic mass is 32.2. The maximum Gasteiger partial charge on any atom is 0.389 e. The predicted octanol–water partition coefficient (Wildman–Crippen LogP) is 9.00. The normalized spacial score (nSPS) is 13.7. The van der Waals surface area contributed by atoms with Crippen LogP contribution in [0.5, 0.6) is 0 Å². The van der Waals surface area contributed by atoms with Gasteiger partial charge in [-0.25, -0.2) is 4.79 Å². The molecule has 0 unspecified atom stereocenters. The Morgan fingerprint density at radius 3 is 2.25 bits per heavy atom. The van der Waals surface area contributed by atoms with Crippen molar-refractivity contribution in [2.75, 3.05) is 7.11 Å². The highest BCUT2D eigenvalue weighted by molar-refractivity contribution is 8.00. The van der Waals surface area contributed by atoms with Crippen molar-refractivity contribution >= 4 is 28.7 Å². The van der Waals surface area contributed by atoms with Crippen molar-refractivity contribution in [2.24, 2.45) is 0 Å². The van der Waals surface area contributed by atoms with E-state index in [1.165, 1.54) is 76.7 Å². The van der Waals surface area contributed by atoms with Crippen LogP contribution in [0.2, 0.25) is 0 Å². The molecule has 5 nitrogen and oxygen atoms in total. The Balaban J connectivity index is 1.95. The standard InChI is InChI=1S/C31H43F3O5S/c1-3-4-5-6-7-8-9-10-11-12-13-14-15-16-29(25(35)19-20-31(32,33)34)40-23-17-18-24-26(36)22-28(30(37)38-2)39-27(24)21-23/h15-18,21-22,25,29,35H,3-14,19-20H2,1-2H3/t25-,29+/m1/s1. The zero-order valence-electron chi connectivity index (χ0n) is 23.6. The zero-order valence-corrected chi connectivity index (χ0v) is 24.5. The molecule has 0 spiro atoms. The molecule has 0 fully saturated rings. The number of rotatable bonds is 19. The third-order valence-corrected chi connectivity index (χ3v) is 8.03. The summed E-state index contributed by atoms with van der Waals surface area (Å²) in [7, 11) is 1.18. The van der Waals surface area contributed by atoms with Gasteiger partial charge in [0, 0.05) is 17.4 Å². The first-order valence-corrected chi connectivity index (χ1v) is 15.3. The second-order valence-corrected chi connectivity index (χ2v) is 11.4. The topological polar surface area (TPSA) is 76.7 Å². The molecule has 2 atom stereocenters. The molecule has 0 aliphatic rings. The van der Waals surface area contributed by atoms with Crippen molar-refractivity contribution < 1.29 is 32.2 Å². The van der Waals surface area contributed by atoms with Gasteiger partial charge in [0.2, 0.25) is 5.76 Å². The van der Waals surface area contributed by atoms with Gasteiger partial charge < -0.3 is 14.3 Å². The van der Waals surface area contributed by atoms with Gasteiger partial charge in [0.15, 0.2) is 5.43 Å². The van der Waals surface area contributed by atoms with E-state index in [1.54, 1.807) is 24.3 Å². The molecule has 0 saturated carbocycles. The van der Waals surface area contributed by atoms with Crippen LogP contribution in [0.1, 0.15) is 107 Å². The van der Waals surface area contributed by atoms with E-state index >= 15 is 0 Å². The molecule has 1 aromatic heterocycles. The Kier molecular flexibility index (Phi) is 15.5. The number of alkyl halides is 3. The molecule has 0 saturated heterocycles. The van der Waals surface area contributed by atoms with Crippen LogP contribution >= 0.6 is 11.8 Å². The lowest BCUT2D eigenvalue weighted by Crippen LogP contribution is -2.23. The molecule has 1 N–H and O–H groups in total. The van der Waals surface area contributed by atoms with Gasteiger partial charge in [-0.3, -0.25) is 4.79 Å². The molecule has 0 radical (unpaired) electrons. The highest BCUT2D eigenvalue weighted by Gasteiger charge is 2.30. The second-order valence-electron chi connectivity index (χ2n) is 10.2. The molecule has 1 aromatic carbocycles. The minimum absolute atomic E-state index is 0.159. The van der Waals surface area contributed by atoms with E-state index in [0.29, 0.717) is 4.90 Å². The average molecular weight is 585 g/mol. The number of benzene rings is 1. The molecule has 0 aliphatic carbocycles. The van der Waals surface area contributed by atoms with Crippen LogP contribution in [0.15, 0.2) is 50.5 Å². The number of methoxy groups -OCH3 is 1. The van der Waals surface area contributed by atoms with Crippen molar-refractivity contribution in [3.05, 3.63) is 52.4 Å². The van der Waals surface area contributed by atoms with E-state index in [1.807, 2.05) is 6.08 Å². The van der Waals surface area contributed by atoms with Gasteiger partial charge in [0.1, 0.15) is 5.58 Å². The van der Waals surface area contributed by atoms with Crippen LogP contribution in [0, 0.1) is 0 Å². The van der Waals surface area contributed by atoms with Gasteiger partial charge in [-0.05, 0) is 37.5 Å². The fraction of sp³-hybridized carbons (Fsp3) is 0.613. The lowest BCUT2D eigenvalue weighted by molar-refractivity contribution is -0.139. The minimum atomic E-state index is -4.36. The number of halogens is 3. The molecular formula is C31H43F3O5S. The third kappa shape index (κ3) is 12.9. The van der Waals surface area contributed by atoms with Gasteiger partial charge in [0.05, 0.1) is 23.8 Å². The van der Waals surface area contributed by atoms with E-state index in [0.717, 1.165) is 25.3 Å². The predicted molar refractivity (Wildman–Crippen MR) is 155 cm³/mol. The molecule has 2 aromatic rings. The number of aliphatic hydroxyl groups excluding tert-OH is 1. The summed E-state index contributed by atoms with van der Waals surface area (Å²) in [4.78, 5) is 24.8. The molecule has 224 valence electrons. The van der Waals surface area contributed by atoms with Gasteiger partial charge in [-0.2, -0.15) is 13.2 Å². The Morgan fingerprint density at radius 2 is 1.65 bits per heavy atom. The lowest BCUT2D eigenvalue weighted by atomic mass is 10.0. The monoisotopic (exact) mass is 584 g/mol. The maximum atomic E-state index is 12.8. The van der Waals surface area contributed by atoms with Crippen LogP contribution in [0.25, 0.3) is 11.0 Å². The first kappa shape index (κ1) is 33.9. The molecular weight excluding hydrogens is 541 g/mol. The molecule has 0 aliphatic heterocycles. The summed E-state index contributed by atoms with van der Waals surface area (Å²) in [6.45, 7) is 2.22. The van der Waals surface area contributed by atoms with Crippen molar-refractivity contribution in [1.29, 1.82) is 0 Å². The van der Waals surface area contributed by atoms with Crippen LogP contribution in [0.4, 0.5) is 13.2 Å². The summed E-state index contributed by atoms with van der Waals surface area (Å²) >= 11 is 1.19. The Bertz CT molecular complexity index is 1110. The summed E-state index contributed by atoms with van der Waals surface area (Å²) in [5.74, 6) is -1.03. The number of esters is 1. The van der Waals surface area contributed by atoms with Gasteiger partial charge >= 0.3 is 12.1 Å². The average Bonchev–Trinajstić information content (AvgIpc) is 2.92. The smallest absolute Gasteiger partial charge is 0.389 e. The number of carbonyl (C=O) groups is 1. The first-order chi connectivity index (χ1) is 19.1. The third-order valence-electron chi connectivity index (χ3n) is 6.76. The van der Waals surface area contributed by atoms with Crippen LogP contribution in [-0.4, -0.2) is 35.7 Å². The number of thioether (sulfide) groups is 1. The number of carbonyl (C=O) groups excluding carboxylic acids is 1. The number of aliphatic hydroxyl groups is 1. The maximum absolute atomic E-state index is 12.8. The number of hydrogen-bond acceptors (Lipinski definition) is 6. The largest absolute Gasteiger partial charge is 0.463 e. The number of hydrogen-bond donors (Lipinski definition) is 1. The van der Waals surface area contributed by atoms with E-state index in [2.05, 4.69) is 11.7 Å². The van der Waals surface area contributed by atoms with Gasteiger partial charge in [-0.15, -0.1) is 11.8 Å². The zero-order chi connectivity index (χ0) is 29.4. The van der Waals surface area contributed by atoms with Crippen molar-refractivity contribution in [1.82, 2.24) is 0 Å². The van der Waals surface area contributed by atoms with E-state index in [4.69, 9.17) is 4.42 Å². The summed E-state index contributed by atoms with van der Waals surface area (Å²) in [6, 6.07) is 5.80.